The number of nitrogens with one attached hydrogen (secondary N) is 2. The number of ether oxygens (including phenoxy) is 4. The fourth-order valence-electron chi connectivity index (χ4n) is 6.94. The number of cyclic esters (lactones) is 1. The summed E-state index contributed by atoms with van der Waals surface area (Å²) in [5, 5.41) is 52.7. The number of aliphatic hydroxyl groups is 4. The summed E-state index contributed by atoms with van der Waals surface area (Å²) in [6.07, 6.45) is -5.03. The highest BCUT2D eigenvalue weighted by Gasteiger charge is 2.49. The molecular formula is C34H58N2O9. The summed E-state index contributed by atoms with van der Waals surface area (Å²) < 4.78 is 25.2. The average molecular weight is 639 g/mol. The molecule has 0 radical (unpaired) electrons. The van der Waals surface area contributed by atoms with Gasteiger partial charge in [-0.1, -0.05) is 39.0 Å². The van der Waals surface area contributed by atoms with E-state index < -0.39 is 71.9 Å². The third-order valence-corrected chi connectivity index (χ3v) is 9.70. The van der Waals surface area contributed by atoms with Gasteiger partial charge in [-0.3, -0.25) is 4.79 Å². The zero-order valence-corrected chi connectivity index (χ0v) is 28.5. The van der Waals surface area contributed by atoms with Crippen molar-refractivity contribution in [1.82, 2.24) is 10.6 Å². The predicted molar refractivity (Wildman–Crippen MR) is 171 cm³/mol. The van der Waals surface area contributed by atoms with Crippen LogP contribution in [0.25, 0.3) is 0 Å². The van der Waals surface area contributed by atoms with Crippen LogP contribution in [0.5, 0.6) is 5.75 Å². The van der Waals surface area contributed by atoms with Gasteiger partial charge in [-0.25, -0.2) is 0 Å². The van der Waals surface area contributed by atoms with Crippen molar-refractivity contribution in [3.05, 3.63) is 30.3 Å². The average Bonchev–Trinajstić information content (AvgIpc) is 3.00. The number of rotatable bonds is 6. The molecule has 1 aromatic carbocycles. The van der Waals surface area contributed by atoms with Gasteiger partial charge in [0.1, 0.15) is 23.6 Å². The van der Waals surface area contributed by atoms with Crippen LogP contribution >= 0.6 is 0 Å². The van der Waals surface area contributed by atoms with E-state index in [0.717, 1.165) is 0 Å². The lowest BCUT2D eigenvalue weighted by Crippen LogP contribution is -2.60. The number of hydrogen-bond donors (Lipinski definition) is 6. The molecule has 2 aliphatic heterocycles. The number of benzene rings is 1. The molecule has 0 bridgehead atoms. The second-order valence-electron chi connectivity index (χ2n) is 13.9. The molecule has 0 aromatic heterocycles. The summed E-state index contributed by atoms with van der Waals surface area (Å²) in [6, 6.07) is 8.70. The molecule has 2 aliphatic rings. The lowest BCUT2D eigenvalue weighted by molar-refractivity contribution is -0.290. The molecule has 0 aliphatic carbocycles. The summed E-state index contributed by atoms with van der Waals surface area (Å²) in [4.78, 5) is 13.4. The highest BCUT2D eigenvalue weighted by Crippen LogP contribution is 2.36. The van der Waals surface area contributed by atoms with Gasteiger partial charge in [0, 0.05) is 12.0 Å². The van der Waals surface area contributed by atoms with Crippen molar-refractivity contribution < 1.29 is 44.2 Å². The Hall–Kier alpha value is -1.83. The van der Waals surface area contributed by atoms with Gasteiger partial charge in [0.2, 0.25) is 0 Å². The minimum atomic E-state index is -1.75. The van der Waals surface area contributed by atoms with Crippen molar-refractivity contribution in [3.63, 3.8) is 0 Å². The standard InChI is InChI=1S/C34H58N2O9/c1-10-26-34(8,41)29(38)23(6)36-18-19(2)17-33(7,40)30(21(4)27(37)22(5)31(39)44-26)45-32-28(25(35-9)16-20(3)42-32)43-24-14-12-11-13-15-24/h11-15,19-23,25-30,32,35-38,40-41H,10,16-18H2,1-9H3/t19-,20-,21+,22-,23-,25+,26-,27+,28-,29-,30-,32+,33-,34-/m1/s1. The van der Waals surface area contributed by atoms with Crippen molar-refractivity contribution in [2.45, 2.75) is 141 Å². The topological polar surface area (TPSA) is 159 Å². The molecule has 258 valence electrons. The number of carbonyl (C=O) groups excluding carboxylic acids is 1. The highest BCUT2D eigenvalue weighted by molar-refractivity contribution is 5.73. The first-order valence-corrected chi connectivity index (χ1v) is 16.5. The van der Waals surface area contributed by atoms with Crippen molar-refractivity contribution in [2.24, 2.45) is 17.8 Å². The van der Waals surface area contributed by atoms with Crippen LogP contribution in [0.3, 0.4) is 0 Å². The van der Waals surface area contributed by atoms with Crippen LogP contribution in [0, 0.1) is 17.8 Å². The van der Waals surface area contributed by atoms with Crippen LogP contribution in [0.15, 0.2) is 30.3 Å². The summed E-state index contributed by atoms with van der Waals surface area (Å²) in [5.74, 6) is -1.98. The molecule has 0 unspecified atom stereocenters. The van der Waals surface area contributed by atoms with Crippen molar-refractivity contribution >= 4 is 5.97 Å². The number of esters is 1. The third-order valence-electron chi connectivity index (χ3n) is 9.70. The minimum absolute atomic E-state index is 0.106. The molecule has 45 heavy (non-hydrogen) atoms. The summed E-state index contributed by atoms with van der Waals surface area (Å²) in [7, 11) is 1.86. The maximum atomic E-state index is 13.4. The van der Waals surface area contributed by atoms with Crippen LogP contribution in [0.4, 0.5) is 0 Å². The molecule has 3 rings (SSSR count). The van der Waals surface area contributed by atoms with Crippen LogP contribution in [0.2, 0.25) is 0 Å². The van der Waals surface area contributed by atoms with Gasteiger partial charge >= 0.3 is 5.97 Å². The Bertz CT molecular complexity index is 1060. The molecular weight excluding hydrogens is 580 g/mol. The minimum Gasteiger partial charge on any atom is -0.483 e. The van der Waals surface area contributed by atoms with E-state index in [-0.39, 0.29) is 30.9 Å². The van der Waals surface area contributed by atoms with E-state index in [0.29, 0.717) is 18.7 Å². The molecule has 2 fully saturated rings. The van der Waals surface area contributed by atoms with E-state index in [2.05, 4.69) is 10.6 Å². The van der Waals surface area contributed by atoms with E-state index >= 15 is 0 Å². The summed E-state index contributed by atoms with van der Waals surface area (Å²) >= 11 is 0. The third kappa shape index (κ3) is 9.16. The molecule has 0 amide bonds. The Labute approximate surface area is 269 Å². The largest absolute Gasteiger partial charge is 0.483 e. The molecule has 6 N–H and O–H groups in total. The monoisotopic (exact) mass is 638 g/mol. The van der Waals surface area contributed by atoms with Crippen molar-refractivity contribution in [1.29, 1.82) is 0 Å². The lowest BCUT2D eigenvalue weighted by Gasteiger charge is -2.46. The van der Waals surface area contributed by atoms with Crippen molar-refractivity contribution in [3.8, 4) is 5.75 Å². The molecule has 2 heterocycles. The van der Waals surface area contributed by atoms with Crippen LogP contribution in [-0.4, -0.2) is 106 Å². The zero-order chi connectivity index (χ0) is 33.7. The highest BCUT2D eigenvalue weighted by atomic mass is 16.7. The molecule has 0 saturated carbocycles. The quantitative estimate of drug-likeness (QED) is 0.254. The normalized spacial score (nSPS) is 44.3. The number of likely N-dealkylation sites (N-methyl/N-ethyl adjacent to an activating group) is 1. The summed E-state index contributed by atoms with van der Waals surface area (Å²) in [5.41, 5.74) is -3.23. The predicted octanol–water partition coefficient (Wildman–Crippen LogP) is 2.38. The van der Waals surface area contributed by atoms with E-state index in [1.807, 2.05) is 51.2 Å². The Kier molecular flexibility index (Phi) is 13.2. The Morgan fingerprint density at radius 1 is 1.07 bits per heavy atom. The first kappa shape index (κ1) is 37.6. The van der Waals surface area contributed by atoms with E-state index in [9.17, 15) is 25.2 Å². The number of para-hydroxylation sites is 1. The lowest BCUT2D eigenvalue weighted by atomic mass is 9.78. The molecule has 0 spiro atoms. The van der Waals surface area contributed by atoms with E-state index in [1.54, 1.807) is 34.6 Å². The fourth-order valence-corrected chi connectivity index (χ4v) is 6.94. The fraction of sp³-hybridized carbons (Fsp3) is 0.794. The van der Waals surface area contributed by atoms with Crippen molar-refractivity contribution in [2.75, 3.05) is 13.6 Å². The maximum Gasteiger partial charge on any atom is 0.311 e. The molecule has 11 nitrogen and oxygen atoms in total. The second kappa shape index (κ2) is 15.8. The summed E-state index contributed by atoms with van der Waals surface area (Å²) in [6.45, 7) is 14.3. The van der Waals surface area contributed by atoms with Crippen LogP contribution < -0.4 is 15.4 Å². The Morgan fingerprint density at radius 3 is 2.31 bits per heavy atom. The second-order valence-corrected chi connectivity index (χ2v) is 13.9. The SMILES string of the molecule is CC[C@H]1OC(=O)[C@H](C)[C@@H](O)[C@H](C)[C@@H](O[C@@H]2O[C@H](C)C[C@H](NC)[C@H]2Oc2ccccc2)[C@](C)(O)C[C@@H](C)CN[C@H](C)[C@@H](O)[C@]1(C)O. The molecule has 11 heteroatoms. The van der Waals surface area contributed by atoms with E-state index in [4.69, 9.17) is 18.9 Å². The Morgan fingerprint density at radius 2 is 1.71 bits per heavy atom. The molecule has 2 saturated heterocycles. The van der Waals surface area contributed by atoms with Crippen LogP contribution in [-0.2, 0) is 19.0 Å². The zero-order valence-electron chi connectivity index (χ0n) is 28.5. The van der Waals surface area contributed by atoms with E-state index in [1.165, 1.54) is 6.92 Å². The van der Waals surface area contributed by atoms with Gasteiger partial charge in [0.15, 0.2) is 12.4 Å². The molecule has 1 aromatic rings. The van der Waals surface area contributed by atoms with Gasteiger partial charge < -0.3 is 50.0 Å². The Balaban J connectivity index is 2.00. The molecule has 14 atom stereocenters. The smallest absolute Gasteiger partial charge is 0.311 e. The first-order valence-electron chi connectivity index (χ1n) is 16.5. The van der Waals surface area contributed by atoms with Crippen LogP contribution in [0.1, 0.15) is 74.7 Å². The van der Waals surface area contributed by atoms with Gasteiger partial charge in [0.05, 0.1) is 35.9 Å². The number of aliphatic hydroxyl groups excluding tert-OH is 2. The maximum absolute atomic E-state index is 13.4. The van der Waals surface area contributed by atoms with Gasteiger partial charge in [-0.15, -0.1) is 0 Å². The number of hydrogen-bond acceptors (Lipinski definition) is 11. The van der Waals surface area contributed by atoms with Gasteiger partial charge in [0.25, 0.3) is 0 Å². The van der Waals surface area contributed by atoms with Gasteiger partial charge in [-0.2, -0.15) is 0 Å². The van der Waals surface area contributed by atoms with Gasteiger partial charge in [-0.05, 0) is 85.5 Å². The first-order chi connectivity index (χ1) is 21.0. The number of carbonyl (C=O) groups is 1.